The molecule has 0 saturated carbocycles. The SMILES string of the molecule is NC(=O)Cc1cccc2c([N+](=O)[O-])cccc12. The molecule has 0 spiro atoms. The summed E-state index contributed by atoms with van der Waals surface area (Å²) in [5.41, 5.74) is 5.88. The summed E-state index contributed by atoms with van der Waals surface area (Å²) in [6.45, 7) is 0. The number of hydrogen-bond acceptors (Lipinski definition) is 3. The van der Waals surface area contributed by atoms with Gasteiger partial charge in [-0.1, -0.05) is 24.3 Å². The van der Waals surface area contributed by atoms with Crippen molar-refractivity contribution in [1.82, 2.24) is 0 Å². The van der Waals surface area contributed by atoms with E-state index in [4.69, 9.17) is 5.73 Å². The van der Waals surface area contributed by atoms with Gasteiger partial charge in [0.2, 0.25) is 5.91 Å². The molecule has 2 aromatic rings. The van der Waals surface area contributed by atoms with E-state index < -0.39 is 10.8 Å². The zero-order chi connectivity index (χ0) is 12.4. The molecule has 5 nitrogen and oxygen atoms in total. The van der Waals surface area contributed by atoms with Crippen molar-refractivity contribution in [1.29, 1.82) is 0 Å². The van der Waals surface area contributed by atoms with Crippen LogP contribution in [-0.2, 0) is 11.2 Å². The van der Waals surface area contributed by atoms with Crippen LogP contribution in [0, 0.1) is 10.1 Å². The summed E-state index contributed by atoms with van der Waals surface area (Å²) < 4.78 is 0. The Bertz CT molecular complexity index is 608. The second-order valence-corrected chi connectivity index (χ2v) is 3.69. The van der Waals surface area contributed by atoms with Gasteiger partial charge in [0, 0.05) is 6.07 Å². The van der Waals surface area contributed by atoms with Gasteiger partial charge in [0.15, 0.2) is 0 Å². The quantitative estimate of drug-likeness (QED) is 0.644. The first kappa shape index (κ1) is 11.1. The van der Waals surface area contributed by atoms with Crippen molar-refractivity contribution in [2.45, 2.75) is 6.42 Å². The maximum absolute atomic E-state index is 10.9. The molecule has 0 bridgehead atoms. The van der Waals surface area contributed by atoms with E-state index in [1.165, 1.54) is 6.07 Å². The van der Waals surface area contributed by atoms with Gasteiger partial charge in [0.25, 0.3) is 5.69 Å². The number of amides is 1. The number of nitrogens with two attached hydrogens (primary N) is 1. The first-order valence-corrected chi connectivity index (χ1v) is 5.03. The minimum Gasteiger partial charge on any atom is -0.369 e. The monoisotopic (exact) mass is 230 g/mol. The minimum atomic E-state index is -0.455. The lowest BCUT2D eigenvalue weighted by molar-refractivity contribution is -0.383. The summed E-state index contributed by atoms with van der Waals surface area (Å²) in [4.78, 5) is 21.3. The smallest absolute Gasteiger partial charge is 0.277 e. The summed E-state index contributed by atoms with van der Waals surface area (Å²) in [7, 11) is 0. The molecule has 86 valence electrons. The Morgan fingerprint density at radius 2 is 1.82 bits per heavy atom. The van der Waals surface area contributed by atoms with E-state index in [-0.39, 0.29) is 12.1 Å². The Labute approximate surface area is 97.0 Å². The van der Waals surface area contributed by atoms with Crippen LogP contribution >= 0.6 is 0 Å². The van der Waals surface area contributed by atoms with E-state index in [0.29, 0.717) is 16.3 Å². The minimum absolute atomic E-state index is 0.0359. The van der Waals surface area contributed by atoms with Crippen molar-refractivity contribution >= 4 is 22.4 Å². The number of rotatable bonds is 3. The Morgan fingerprint density at radius 1 is 1.18 bits per heavy atom. The number of nitrogens with zero attached hydrogens (tertiary/aromatic N) is 1. The van der Waals surface area contributed by atoms with Gasteiger partial charge in [-0.2, -0.15) is 0 Å². The largest absolute Gasteiger partial charge is 0.369 e. The molecule has 1 amide bonds. The summed E-state index contributed by atoms with van der Waals surface area (Å²) >= 11 is 0. The molecule has 0 radical (unpaired) electrons. The van der Waals surface area contributed by atoms with Crippen molar-refractivity contribution in [3.63, 3.8) is 0 Å². The van der Waals surface area contributed by atoms with Crippen molar-refractivity contribution in [2.75, 3.05) is 0 Å². The Hall–Kier alpha value is -2.43. The van der Waals surface area contributed by atoms with Crippen LogP contribution in [0.5, 0.6) is 0 Å². The lowest BCUT2D eigenvalue weighted by Crippen LogP contribution is -2.13. The molecule has 2 aromatic carbocycles. The molecule has 0 aromatic heterocycles. The fourth-order valence-corrected chi connectivity index (χ4v) is 1.86. The fraction of sp³-hybridized carbons (Fsp3) is 0.0833. The lowest BCUT2D eigenvalue weighted by Gasteiger charge is -2.04. The number of carbonyl (C=O) groups excluding carboxylic acids is 1. The normalized spacial score (nSPS) is 10.4. The number of hydrogen-bond donors (Lipinski definition) is 1. The van der Waals surface area contributed by atoms with Crippen LogP contribution in [0.2, 0.25) is 0 Å². The molecule has 17 heavy (non-hydrogen) atoms. The number of primary amides is 1. The zero-order valence-corrected chi connectivity index (χ0v) is 8.92. The third kappa shape index (κ3) is 2.08. The standard InChI is InChI=1S/C12H10N2O3/c13-12(15)7-8-3-1-5-10-9(8)4-2-6-11(10)14(16)17/h1-6H,7H2,(H2,13,15). The summed E-state index contributed by atoms with van der Waals surface area (Å²) in [6.07, 6.45) is 0.0819. The van der Waals surface area contributed by atoms with Crippen molar-refractivity contribution < 1.29 is 9.72 Å². The van der Waals surface area contributed by atoms with Gasteiger partial charge in [-0.25, -0.2) is 0 Å². The van der Waals surface area contributed by atoms with Crippen LogP contribution in [0.3, 0.4) is 0 Å². The topological polar surface area (TPSA) is 86.2 Å². The van der Waals surface area contributed by atoms with Crippen LogP contribution in [-0.4, -0.2) is 10.8 Å². The molecule has 0 heterocycles. The highest BCUT2D eigenvalue weighted by Crippen LogP contribution is 2.27. The maximum Gasteiger partial charge on any atom is 0.277 e. The van der Waals surface area contributed by atoms with Gasteiger partial charge in [-0.3, -0.25) is 14.9 Å². The number of nitro groups is 1. The van der Waals surface area contributed by atoms with Gasteiger partial charge in [-0.15, -0.1) is 0 Å². The molecule has 2 N–H and O–H groups in total. The molecular formula is C12H10N2O3. The highest BCUT2D eigenvalue weighted by Gasteiger charge is 2.13. The number of carbonyl (C=O) groups is 1. The van der Waals surface area contributed by atoms with Gasteiger partial charge >= 0.3 is 0 Å². The maximum atomic E-state index is 10.9. The third-order valence-corrected chi connectivity index (χ3v) is 2.55. The van der Waals surface area contributed by atoms with E-state index in [2.05, 4.69) is 0 Å². The van der Waals surface area contributed by atoms with E-state index in [1.54, 1.807) is 30.3 Å². The van der Waals surface area contributed by atoms with Crippen LogP contribution in [0.1, 0.15) is 5.56 Å². The number of benzene rings is 2. The first-order chi connectivity index (χ1) is 8.09. The molecule has 0 aliphatic heterocycles. The van der Waals surface area contributed by atoms with Crippen LogP contribution in [0.15, 0.2) is 36.4 Å². The molecule has 0 aliphatic carbocycles. The summed E-state index contributed by atoms with van der Waals surface area (Å²) in [5.74, 6) is -0.455. The average molecular weight is 230 g/mol. The molecule has 0 atom stereocenters. The second-order valence-electron chi connectivity index (χ2n) is 3.69. The Balaban J connectivity index is 2.69. The highest BCUT2D eigenvalue weighted by atomic mass is 16.6. The average Bonchev–Trinajstić information content (AvgIpc) is 2.28. The van der Waals surface area contributed by atoms with Crippen molar-refractivity contribution in [3.05, 3.63) is 52.1 Å². The number of nitro benzene ring substituents is 1. The molecule has 0 fully saturated rings. The van der Waals surface area contributed by atoms with Gasteiger partial charge in [-0.05, 0) is 17.0 Å². The van der Waals surface area contributed by atoms with Crippen molar-refractivity contribution in [2.24, 2.45) is 5.73 Å². The predicted molar refractivity (Wildman–Crippen MR) is 63.5 cm³/mol. The highest BCUT2D eigenvalue weighted by molar-refractivity contribution is 5.95. The van der Waals surface area contributed by atoms with E-state index in [1.807, 2.05) is 0 Å². The molecule has 2 rings (SSSR count). The van der Waals surface area contributed by atoms with Crippen LogP contribution in [0.4, 0.5) is 5.69 Å². The molecule has 0 saturated heterocycles. The van der Waals surface area contributed by atoms with Gasteiger partial charge < -0.3 is 5.73 Å². The van der Waals surface area contributed by atoms with Gasteiger partial charge in [0.1, 0.15) is 0 Å². The molecule has 0 unspecified atom stereocenters. The third-order valence-electron chi connectivity index (χ3n) is 2.55. The van der Waals surface area contributed by atoms with Crippen LogP contribution in [0.25, 0.3) is 10.8 Å². The molecule has 0 aliphatic rings. The zero-order valence-electron chi connectivity index (χ0n) is 8.92. The van der Waals surface area contributed by atoms with Gasteiger partial charge in [0.05, 0.1) is 16.7 Å². The Kier molecular flexibility index (Phi) is 2.74. The predicted octanol–water partition coefficient (Wildman–Crippen LogP) is 1.78. The van der Waals surface area contributed by atoms with Crippen molar-refractivity contribution in [3.8, 4) is 0 Å². The molecule has 5 heteroatoms. The fourth-order valence-electron chi connectivity index (χ4n) is 1.86. The number of fused-ring (bicyclic) bond motifs is 1. The van der Waals surface area contributed by atoms with E-state index in [0.717, 1.165) is 0 Å². The molecular weight excluding hydrogens is 220 g/mol. The second kappa shape index (κ2) is 4.21. The van der Waals surface area contributed by atoms with Crippen LogP contribution < -0.4 is 5.73 Å². The summed E-state index contributed by atoms with van der Waals surface area (Å²) in [6, 6.07) is 9.89. The lowest BCUT2D eigenvalue weighted by atomic mass is 10.0. The Morgan fingerprint density at radius 3 is 2.47 bits per heavy atom. The first-order valence-electron chi connectivity index (χ1n) is 5.03. The van der Waals surface area contributed by atoms with E-state index in [9.17, 15) is 14.9 Å². The summed E-state index contributed by atoms with van der Waals surface area (Å²) in [5, 5.41) is 12.1. The number of non-ortho nitro benzene ring substituents is 1. The van der Waals surface area contributed by atoms with E-state index >= 15 is 0 Å².